The fourth-order valence-electron chi connectivity index (χ4n) is 6.77. The van der Waals surface area contributed by atoms with E-state index in [0.717, 1.165) is 39.1 Å². The van der Waals surface area contributed by atoms with Gasteiger partial charge in [0.25, 0.3) is 0 Å². The van der Waals surface area contributed by atoms with E-state index in [1.807, 2.05) is 0 Å². The molecule has 168 valence electrons. The highest BCUT2D eigenvalue weighted by atomic mass is 16.6. The van der Waals surface area contributed by atoms with Crippen molar-refractivity contribution in [1.82, 2.24) is 4.90 Å². The average Bonchev–Trinajstić information content (AvgIpc) is 3.02. The number of hydrogen-bond donors (Lipinski definition) is 0. The van der Waals surface area contributed by atoms with E-state index in [-0.39, 0.29) is 29.3 Å². The summed E-state index contributed by atoms with van der Waals surface area (Å²) in [6, 6.07) is 6.72. The molecular formula is C27H38N2O2. The average molecular weight is 423 g/mol. The Morgan fingerprint density at radius 3 is 2.71 bits per heavy atom. The first-order valence-corrected chi connectivity index (χ1v) is 12.3. The monoisotopic (exact) mass is 422 g/mol. The summed E-state index contributed by atoms with van der Waals surface area (Å²) in [7, 11) is 0. The molecule has 2 aliphatic carbocycles. The van der Waals surface area contributed by atoms with Crippen LogP contribution in [0.3, 0.4) is 0 Å². The highest BCUT2D eigenvalue weighted by Gasteiger charge is 2.52. The maximum Gasteiger partial charge on any atom is 0.311 e. The number of hydrogen-bond acceptors (Lipinski definition) is 4. The van der Waals surface area contributed by atoms with Gasteiger partial charge >= 0.3 is 5.97 Å². The van der Waals surface area contributed by atoms with E-state index in [2.05, 4.69) is 61.8 Å². The highest BCUT2D eigenvalue weighted by Crippen LogP contribution is 2.54. The molecule has 4 aliphatic rings. The van der Waals surface area contributed by atoms with Gasteiger partial charge in [-0.15, -0.1) is 0 Å². The molecule has 5 rings (SSSR count). The summed E-state index contributed by atoms with van der Waals surface area (Å²) < 4.78 is 5.97. The predicted molar refractivity (Wildman–Crippen MR) is 125 cm³/mol. The Morgan fingerprint density at radius 1 is 1.16 bits per heavy atom. The number of ether oxygens (including phenoxy) is 1. The van der Waals surface area contributed by atoms with Crippen LogP contribution in [0.2, 0.25) is 0 Å². The molecule has 0 N–H and O–H groups in total. The van der Waals surface area contributed by atoms with Crippen LogP contribution in [0.4, 0.5) is 5.69 Å². The van der Waals surface area contributed by atoms with E-state index in [4.69, 9.17) is 4.74 Å². The molecule has 5 atom stereocenters. The molecule has 2 saturated heterocycles. The molecular weight excluding hydrogens is 384 g/mol. The summed E-state index contributed by atoms with van der Waals surface area (Å²) in [4.78, 5) is 17.9. The molecule has 1 saturated carbocycles. The van der Waals surface area contributed by atoms with Crippen molar-refractivity contribution in [3.8, 4) is 0 Å². The second kappa shape index (κ2) is 7.95. The number of allylic oxidation sites excluding steroid dienone is 1. The van der Waals surface area contributed by atoms with Gasteiger partial charge in [-0.05, 0) is 61.6 Å². The normalized spacial score (nSPS) is 35.9. The third kappa shape index (κ3) is 3.82. The van der Waals surface area contributed by atoms with Gasteiger partial charge in [-0.25, -0.2) is 0 Å². The van der Waals surface area contributed by atoms with Crippen molar-refractivity contribution in [2.24, 2.45) is 23.2 Å². The zero-order chi connectivity index (χ0) is 21.8. The van der Waals surface area contributed by atoms with Crippen molar-refractivity contribution in [2.45, 2.75) is 59.5 Å². The predicted octanol–water partition coefficient (Wildman–Crippen LogP) is 4.74. The highest BCUT2D eigenvalue weighted by molar-refractivity contribution is 5.76. The number of carbonyl (C=O) groups excluding carboxylic acids is 1. The second-order valence-electron chi connectivity index (χ2n) is 10.9. The Labute approximate surface area is 187 Å². The second-order valence-corrected chi connectivity index (χ2v) is 10.9. The Kier molecular flexibility index (Phi) is 5.40. The molecule has 31 heavy (non-hydrogen) atoms. The van der Waals surface area contributed by atoms with Crippen LogP contribution < -0.4 is 4.90 Å². The Morgan fingerprint density at radius 2 is 1.94 bits per heavy atom. The fraction of sp³-hybridized carbons (Fsp3) is 0.667. The first kappa shape index (κ1) is 21.1. The molecule has 4 heteroatoms. The first-order chi connectivity index (χ1) is 14.8. The van der Waals surface area contributed by atoms with Crippen LogP contribution in [0, 0.1) is 37.0 Å². The third-order valence-corrected chi connectivity index (χ3v) is 8.61. The number of rotatable bonds is 3. The van der Waals surface area contributed by atoms with Crippen molar-refractivity contribution < 1.29 is 9.53 Å². The summed E-state index contributed by atoms with van der Waals surface area (Å²) in [6.07, 6.45) is 7.44. The van der Waals surface area contributed by atoms with Gasteiger partial charge in [0.05, 0.1) is 5.92 Å². The van der Waals surface area contributed by atoms with Crippen molar-refractivity contribution in [2.75, 3.05) is 37.6 Å². The lowest BCUT2D eigenvalue weighted by molar-refractivity contribution is -0.145. The van der Waals surface area contributed by atoms with E-state index < -0.39 is 0 Å². The molecule has 3 fully saturated rings. The Balaban J connectivity index is 1.27. The lowest BCUT2D eigenvalue weighted by Gasteiger charge is -2.46. The number of esters is 1. The van der Waals surface area contributed by atoms with Crippen molar-refractivity contribution in [3.63, 3.8) is 0 Å². The molecule has 2 aliphatic heterocycles. The van der Waals surface area contributed by atoms with E-state index in [1.54, 1.807) is 5.57 Å². The van der Waals surface area contributed by atoms with Crippen LogP contribution in [-0.2, 0) is 9.53 Å². The summed E-state index contributed by atoms with van der Waals surface area (Å²) in [5, 5.41) is 0. The van der Waals surface area contributed by atoms with Crippen molar-refractivity contribution in [3.05, 3.63) is 41.0 Å². The Hall–Kier alpha value is -1.81. The number of aryl methyl sites for hydroxylation is 2. The Bertz CT molecular complexity index is 885. The van der Waals surface area contributed by atoms with Crippen molar-refractivity contribution >= 4 is 11.7 Å². The van der Waals surface area contributed by atoms with Crippen LogP contribution >= 0.6 is 0 Å². The zero-order valence-electron chi connectivity index (χ0n) is 19.7. The van der Waals surface area contributed by atoms with Gasteiger partial charge in [-0.2, -0.15) is 0 Å². The molecule has 0 amide bonds. The number of carbonyl (C=O) groups is 1. The number of nitrogens with zero attached hydrogens (tertiary/aromatic N) is 2. The molecule has 0 radical (unpaired) electrons. The standard InChI is InChI=1S/C27H38N2O2/c1-18-7-8-20(3)24(14-18)29-12-10-28(11-13-29)17-22-21-15-23-19(2)6-5-9-27(23,4)16-25(21)31-26(22)30/h7-8,14-15,19,21-22,25H,5-6,9-13,16-17H2,1-4H3/t19-,21-,22+,25+,27+/m0/s1. The van der Waals surface area contributed by atoms with Crippen LogP contribution in [0.15, 0.2) is 29.8 Å². The first-order valence-electron chi connectivity index (χ1n) is 12.3. The molecule has 0 bridgehead atoms. The summed E-state index contributed by atoms with van der Waals surface area (Å²) in [5.41, 5.74) is 5.88. The quantitative estimate of drug-likeness (QED) is 0.520. The number of fused-ring (bicyclic) bond motifs is 2. The molecule has 4 nitrogen and oxygen atoms in total. The van der Waals surface area contributed by atoms with Gasteiger partial charge in [0.2, 0.25) is 0 Å². The minimum absolute atomic E-state index is 0.00318. The molecule has 2 heterocycles. The van der Waals surface area contributed by atoms with Crippen molar-refractivity contribution in [1.29, 1.82) is 0 Å². The van der Waals surface area contributed by atoms with Crippen LogP contribution in [0.25, 0.3) is 0 Å². The number of piperazine rings is 1. The molecule has 1 aromatic rings. The van der Waals surface area contributed by atoms with Crippen LogP contribution in [0.5, 0.6) is 0 Å². The van der Waals surface area contributed by atoms with Crippen LogP contribution in [-0.4, -0.2) is 49.7 Å². The SMILES string of the molecule is Cc1ccc(C)c(N2CCN(C[C@H]3C(=O)O[C@@H]4C[C@@]5(C)CCC[C@H](C)C5=C[C@H]43)CC2)c1. The third-order valence-electron chi connectivity index (χ3n) is 8.61. The van der Waals surface area contributed by atoms with E-state index in [1.165, 1.54) is 36.1 Å². The maximum absolute atomic E-state index is 12.9. The minimum Gasteiger partial charge on any atom is -0.461 e. The number of benzene rings is 1. The van der Waals surface area contributed by atoms with E-state index in [9.17, 15) is 4.79 Å². The van der Waals surface area contributed by atoms with Gasteiger partial charge in [-0.1, -0.05) is 44.1 Å². The summed E-state index contributed by atoms with van der Waals surface area (Å²) >= 11 is 0. The molecule has 0 unspecified atom stereocenters. The topological polar surface area (TPSA) is 32.8 Å². The molecule has 0 spiro atoms. The maximum atomic E-state index is 12.9. The smallest absolute Gasteiger partial charge is 0.311 e. The van der Waals surface area contributed by atoms with Gasteiger partial charge in [0, 0.05) is 44.3 Å². The lowest BCUT2D eigenvalue weighted by Crippen LogP contribution is -2.49. The largest absolute Gasteiger partial charge is 0.461 e. The fourth-order valence-corrected chi connectivity index (χ4v) is 6.77. The lowest BCUT2D eigenvalue weighted by atomic mass is 9.59. The molecule has 0 aromatic heterocycles. The summed E-state index contributed by atoms with van der Waals surface area (Å²) in [6.45, 7) is 14.1. The van der Waals surface area contributed by atoms with E-state index >= 15 is 0 Å². The van der Waals surface area contributed by atoms with Gasteiger partial charge in [-0.3, -0.25) is 9.69 Å². The minimum atomic E-state index is 0.00318. The zero-order valence-corrected chi connectivity index (χ0v) is 19.7. The van der Waals surface area contributed by atoms with Gasteiger partial charge in [0.1, 0.15) is 6.10 Å². The molecule has 1 aromatic carbocycles. The van der Waals surface area contributed by atoms with Gasteiger partial charge < -0.3 is 9.64 Å². The van der Waals surface area contributed by atoms with Gasteiger partial charge in [0.15, 0.2) is 0 Å². The van der Waals surface area contributed by atoms with Crippen LogP contribution in [0.1, 0.15) is 50.7 Å². The number of anilines is 1. The summed E-state index contributed by atoms with van der Waals surface area (Å²) in [5.74, 6) is 0.965. The van der Waals surface area contributed by atoms with E-state index in [0.29, 0.717) is 5.92 Å².